The zero-order valence-electron chi connectivity index (χ0n) is 15.3. The van der Waals surface area contributed by atoms with E-state index in [9.17, 15) is 0 Å². The Kier molecular flexibility index (Phi) is 17.2. The first kappa shape index (κ1) is 23.2. The first-order chi connectivity index (χ1) is 11.2. The lowest BCUT2D eigenvalue weighted by molar-refractivity contribution is 0.847. The van der Waals surface area contributed by atoms with Crippen molar-refractivity contribution in [1.29, 1.82) is 0 Å². The zero-order valence-corrected chi connectivity index (χ0v) is 17.7. The Bertz CT molecular complexity index is 330. The predicted octanol–water partition coefficient (Wildman–Crippen LogP) is 8.03. The van der Waals surface area contributed by atoms with Crippen molar-refractivity contribution < 1.29 is 0 Å². The van der Waals surface area contributed by atoms with Gasteiger partial charge in [-0.05, 0) is 48.9 Å². The van der Waals surface area contributed by atoms with E-state index in [1.807, 2.05) is 24.3 Å². The van der Waals surface area contributed by atoms with Crippen molar-refractivity contribution in [1.82, 2.24) is 0 Å². The number of rotatable bonds is 11. The van der Waals surface area contributed by atoms with E-state index in [0.717, 1.165) is 11.1 Å². The molecule has 0 saturated heterocycles. The minimum atomic E-state index is 0.422. The molecule has 3 heteroatoms. The highest BCUT2D eigenvalue weighted by atomic mass is 35.5. The largest absolute Gasteiger partial charge is 0.122 e. The van der Waals surface area contributed by atoms with Crippen LogP contribution in [0.2, 0.25) is 0 Å². The van der Waals surface area contributed by atoms with E-state index in [2.05, 4.69) is 20.8 Å². The molecule has 1 aromatic rings. The predicted molar refractivity (Wildman–Crippen MR) is 112 cm³/mol. The molecule has 0 aliphatic rings. The molecule has 0 atom stereocenters. The minimum absolute atomic E-state index is 0.422. The van der Waals surface area contributed by atoms with Gasteiger partial charge in [0.25, 0.3) is 0 Å². The van der Waals surface area contributed by atoms with Crippen molar-refractivity contribution in [3.63, 3.8) is 0 Å². The Balaban J connectivity index is 0.000000433. The van der Waals surface area contributed by atoms with Gasteiger partial charge in [-0.2, -0.15) is 0 Å². The number of benzene rings is 1. The quantitative estimate of drug-likeness (QED) is 0.270. The van der Waals surface area contributed by atoms with E-state index in [-0.39, 0.29) is 0 Å². The van der Waals surface area contributed by atoms with E-state index >= 15 is 0 Å². The number of alkyl halides is 2. The average Bonchev–Trinajstić information content (AvgIpc) is 2.61. The third-order valence-electron chi connectivity index (χ3n) is 3.78. The van der Waals surface area contributed by atoms with Gasteiger partial charge in [-0.25, -0.2) is 0 Å². The maximum absolute atomic E-state index is 5.61. The second-order valence-corrected chi connectivity index (χ2v) is 9.21. The molecule has 0 unspecified atom stereocenters. The summed E-state index contributed by atoms with van der Waals surface area (Å²) in [5.74, 6) is 1.12. The summed E-state index contributed by atoms with van der Waals surface area (Å²) in [7, 11) is 0.422. The summed E-state index contributed by atoms with van der Waals surface area (Å²) >= 11 is 11.2. The molecule has 0 bridgehead atoms. The van der Waals surface area contributed by atoms with E-state index in [1.54, 1.807) is 18.5 Å². The third-order valence-corrected chi connectivity index (χ3v) is 7.25. The van der Waals surface area contributed by atoms with Gasteiger partial charge in [-0.1, -0.05) is 64.3 Å². The van der Waals surface area contributed by atoms with Crippen LogP contribution >= 0.6 is 31.1 Å². The Morgan fingerprint density at radius 3 is 1.43 bits per heavy atom. The van der Waals surface area contributed by atoms with E-state index in [0.29, 0.717) is 19.7 Å². The molecular formula is C20H35Cl2P. The maximum atomic E-state index is 5.61. The molecule has 134 valence electrons. The second-order valence-electron chi connectivity index (χ2n) is 5.99. The van der Waals surface area contributed by atoms with Gasteiger partial charge in [-0.15, -0.1) is 31.1 Å². The topological polar surface area (TPSA) is 0 Å². The molecule has 0 heterocycles. The van der Waals surface area contributed by atoms with Crippen molar-refractivity contribution >= 4 is 31.1 Å². The van der Waals surface area contributed by atoms with Crippen LogP contribution < -0.4 is 0 Å². The number of hydrogen-bond donors (Lipinski definition) is 0. The summed E-state index contributed by atoms with van der Waals surface area (Å²) in [6.45, 7) is 6.94. The van der Waals surface area contributed by atoms with Gasteiger partial charge >= 0.3 is 0 Å². The number of hydrogen-bond acceptors (Lipinski definition) is 0. The molecule has 0 radical (unpaired) electrons. The van der Waals surface area contributed by atoms with Crippen molar-refractivity contribution in [2.24, 2.45) is 0 Å². The van der Waals surface area contributed by atoms with Crippen LogP contribution in [0.1, 0.15) is 70.4 Å². The highest BCUT2D eigenvalue weighted by Gasteiger charge is 2.05. The molecule has 0 saturated carbocycles. The van der Waals surface area contributed by atoms with Gasteiger partial charge < -0.3 is 0 Å². The fourth-order valence-electron chi connectivity index (χ4n) is 2.28. The maximum Gasteiger partial charge on any atom is 0.0474 e. The summed E-state index contributed by atoms with van der Waals surface area (Å²) in [5, 5.41) is 0. The monoisotopic (exact) mass is 376 g/mol. The lowest BCUT2D eigenvalue weighted by Crippen LogP contribution is -1.95. The molecule has 1 aromatic carbocycles. The van der Waals surface area contributed by atoms with E-state index in [1.165, 1.54) is 38.5 Å². The molecule has 0 amide bonds. The number of halogens is 2. The lowest BCUT2D eigenvalue weighted by Gasteiger charge is -2.16. The number of unbranched alkanes of at least 4 members (excludes halogenated alkanes) is 3. The van der Waals surface area contributed by atoms with E-state index < -0.39 is 0 Å². The van der Waals surface area contributed by atoms with Crippen molar-refractivity contribution in [3.05, 3.63) is 35.4 Å². The molecule has 1 rings (SSSR count). The summed E-state index contributed by atoms with van der Waals surface area (Å²) in [4.78, 5) is 0. The van der Waals surface area contributed by atoms with Gasteiger partial charge in [0.1, 0.15) is 0 Å². The lowest BCUT2D eigenvalue weighted by atomic mass is 10.2. The Labute approximate surface area is 156 Å². The van der Waals surface area contributed by atoms with Crippen LogP contribution in [-0.4, -0.2) is 18.5 Å². The van der Waals surface area contributed by atoms with Crippen LogP contribution in [-0.2, 0) is 11.8 Å². The molecule has 0 fully saturated rings. The van der Waals surface area contributed by atoms with Gasteiger partial charge in [0.15, 0.2) is 0 Å². The summed E-state index contributed by atoms with van der Waals surface area (Å²) < 4.78 is 0. The zero-order chi connectivity index (χ0) is 17.3. The van der Waals surface area contributed by atoms with Gasteiger partial charge in [0.05, 0.1) is 0 Å². The highest BCUT2D eigenvalue weighted by molar-refractivity contribution is 7.57. The van der Waals surface area contributed by atoms with Crippen LogP contribution in [0, 0.1) is 0 Å². The smallest absolute Gasteiger partial charge is 0.0474 e. The van der Waals surface area contributed by atoms with Crippen LogP contribution in [0.15, 0.2) is 24.3 Å². The van der Waals surface area contributed by atoms with Crippen molar-refractivity contribution in [2.45, 2.75) is 71.1 Å². The first-order valence-corrected chi connectivity index (χ1v) is 12.1. The molecule has 0 aromatic heterocycles. The van der Waals surface area contributed by atoms with Crippen LogP contribution in [0.3, 0.4) is 0 Å². The summed E-state index contributed by atoms with van der Waals surface area (Å²) in [6, 6.07) is 7.96. The normalized spacial score (nSPS) is 10.5. The minimum Gasteiger partial charge on any atom is -0.122 e. The standard InChI is InChI=1S/C12H27P.C8H8Cl2/c1-4-7-10-13(11-8-5-2)12-9-6-3;9-5-7-2-1-3-8(4-7)6-10/h4-12H2,1-3H3;1-4H,5-6H2. The average molecular weight is 377 g/mol. The molecule has 0 aliphatic heterocycles. The molecule has 0 spiro atoms. The van der Waals surface area contributed by atoms with Crippen molar-refractivity contribution in [2.75, 3.05) is 18.5 Å². The van der Waals surface area contributed by atoms with Crippen LogP contribution in [0.4, 0.5) is 0 Å². The Hall–Kier alpha value is 0.230. The molecule has 23 heavy (non-hydrogen) atoms. The fourth-order valence-corrected chi connectivity index (χ4v) is 5.57. The van der Waals surface area contributed by atoms with Gasteiger partial charge in [0.2, 0.25) is 0 Å². The van der Waals surface area contributed by atoms with Gasteiger partial charge in [0, 0.05) is 11.8 Å². The molecular weight excluding hydrogens is 342 g/mol. The fraction of sp³-hybridized carbons (Fsp3) is 0.700. The van der Waals surface area contributed by atoms with Crippen molar-refractivity contribution in [3.8, 4) is 0 Å². The Morgan fingerprint density at radius 1 is 0.739 bits per heavy atom. The van der Waals surface area contributed by atoms with Gasteiger partial charge in [-0.3, -0.25) is 0 Å². The molecule has 0 nitrogen and oxygen atoms in total. The summed E-state index contributed by atoms with van der Waals surface area (Å²) in [6.07, 6.45) is 13.2. The van der Waals surface area contributed by atoms with E-state index in [4.69, 9.17) is 23.2 Å². The van der Waals surface area contributed by atoms with Crippen LogP contribution in [0.5, 0.6) is 0 Å². The summed E-state index contributed by atoms with van der Waals surface area (Å²) in [5.41, 5.74) is 2.25. The third kappa shape index (κ3) is 13.2. The highest BCUT2D eigenvalue weighted by Crippen LogP contribution is 2.38. The first-order valence-electron chi connectivity index (χ1n) is 9.13. The molecule has 0 N–H and O–H groups in total. The SMILES string of the molecule is CCCCP(CCCC)CCCC.ClCc1cccc(CCl)c1. The van der Waals surface area contributed by atoms with Crippen LogP contribution in [0.25, 0.3) is 0 Å². The second kappa shape index (κ2) is 17.1. The molecule has 0 aliphatic carbocycles. The Morgan fingerprint density at radius 2 is 1.13 bits per heavy atom.